The Labute approximate surface area is 93.2 Å². The highest BCUT2D eigenvalue weighted by Gasteiger charge is 2.29. The third-order valence-corrected chi connectivity index (χ3v) is 3.62. The molecule has 3 heteroatoms. The lowest BCUT2D eigenvalue weighted by Gasteiger charge is -2.42. The van der Waals surface area contributed by atoms with Gasteiger partial charge in [-0.3, -0.25) is 9.69 Å². The van der Waals surface area contributed by atoms with Crippen molar-refractivity contribution >= 4 is 5.91 Å². The summed E-state index contributed by atoms with van der Waals surface area (Å²) in [7, 11) is 0. The average Bonchev–Trinajstić information content (AvgIpc) is 2.18. The lowest BCUT2D eigenvalue weighted by Crippen LogP contribution is -2.51. The zero-order valence-electron chi connectivity index (χ0n) is 10.5. The maximum absolute atomic E-state index is 10.9. The predicted molar refractivity (Wildman–Crippen MR) is 62.8 cm³/mol. The zero-order chi connectivity index (χ0) is 11.5. The van der Waals surface area contributed by atoms with Gasteiger partial charge in [-0.1, -0.05) is 6.92 Å². The Morgan fingerprint density at radius 3 is 2.33 bits per heavy atom. The molecule has 0 aromatic carbocycles. The number of amides is 1. The normalized spacial score (nSPS) is 20.3. The molecule has 0 atom stereocenters. The van der Waals surface area contributed by atoms with Gasteiger partial charge in [0.1, 0.15) is 0 Å². The molecule has 1 N–H and O–H groups in total. The van der Waals surface area contributed by atoms with E-state index < -0.39 is 0 Å². The molecule has 0 unspecified atom stereocenters. The molecular formula is C12H24N2O. The van der Waals surface area contributed by atoms with Crippen molar-refractivity contribution in [2.24, 2.45) is 0 Å². The lowest BCUT2D eigenvalue weighted by atomic mass is 9.94. The van der Waals surface area contributed by atoms with E-state index in [1.165, 1.54) is 6.42 Å². The number of carbonyl (C=O) groups is 1. The number of hydrogen-bond donors (Lipinski definition) is 1. The number of rotatable bonds is 3. The highest BCUT2D eigenvalue weighted by molar-refractivity contribution is 5.73. The summed E-state index contributed by atoms with van der Waals surface area (Å²) in [6.45, 7) is 10.6. The molecule has 0 aromatic rings. The van der Waals surface area contributed by atoms with Gasteiger partial charge in [0.25, 0.3) is 0 Å². The largest absolute Gasteiger partial charge is 0.354 e. The van der Waals surface area contributed by atoms with E-state index in [1.54, 1.807) is 6.92 Å². The minimum Gasteiger partial charge on any atom is -0.354 e. The van der Waals surface area contributed by atoms with Gasteiger partial charge >= 0.3 is 0 Å². The molecule has 15 heavy (non-hydrogen) atoms. The van der Waals surface area contributed by atoms with E-state index in [1.807, 2.05) is 0 Å². The average molecular weight is 212 g/mol. The summed E-state index contributed by atoms with van der Waals surface area (Å²) in [5.41, 5.74) is 0.307. The van der Waals surface area contributed by atoms with Gasteiger partial charge in [0.05, 0.1) is 0 Å². The third kappa shape index (κ3) is 3.49. The van der Waals surface area contributed by atoms with Crippen LogP contribution < -0.4 is 5.32 Å². The lowest BCUT2D eigenvalue weighted by molar-refractivity contribution is -0.120. The first kappa shape index (κ1) is 12.5. The molecule has 1 fully saturated rings. The fraction of sp³-hybridized carbons (Fsp3) is 0.917. The third-order valence-electron chi connectivity index (χ3n) is 3.62. The van der Waals surface area contributed by atoms with Crippen molar-refractivity contribution < 1.29 is 4.79 Å². The van der Waals surface area contributed by atoms with Crippen LogP contribution in [0.1, 0.15) is 47.0 Å². The zero-order valence-corrected chi connectivity index (χ0v) is 10.5. The van der Waals surface area contributed by atoms with Gasteiger partial charge in [-0.15, -0.1) is 0 Å². The van der Waals surface area contributed by atoms with Crippen molar-refractivity contribution in [3.05, 3.63) is 0 Å². The van der Waals surface area contributed by atoms with E-state index in [0.29, 0.717) is 11.6 Å². The highest BCUT2D eigenvalue weighted by Crippen LogP contribution is 2.23. The SMILES string of the molecule is CCC(C)(C)N1CCC(NC(C)=O)CC1. The van der Waals surface area contributed by atoms with Gasteiger partial charge in [0, 0.05) is 31.6 Å². The monoisotopic (exact) mass is 212 g/mol. The molecule has 0 bridgehead atoms. The van der Waals surface area contributed by atoms with Crippen molar-refractivity contribution in [1.29, 1.82) is 0 Å². The van der Waals surface area contributed by atoms with Gasteiger partial charge in [0.2, 0.25) is 5.91 Å². The molecule has 0 saturated carbocycles. The number of carbonyl (C=O) groups excluding carboxylic acids is 1. The van der Waals surface area contributed by atoms with Crippen LogP contribution in [-0.2, 0) is 4.79 Å². The van der Waals surface area contributed by atoms with Gasteiger partial charge in [-0.05, 0) is 33.1 Å². The molecule has 0 radical (unpaired) electrons. The van der Waals surface area contributed by atoms with Crippen LogP contribution in [0.3, 0.4) is 0 Å². The Bertz CT molecular complexity index is 218. The standard InChI is InChI=1S/C12H24N2O/c1-5-12(3,4)14-8-6-11(7-9-14)13-10(2)15/h11H,5-9H2,1-4H3,(H,13,15). The molecule has 1 heterocycles. The molecule has 1 amide bonds. The summed E-state index contributed by atoms with van der Waals surface area (Å²) in [4.78, 5) is 13.5. The van der Waals surface area contributed by atoms with Crippen LogP contribution >= 0.6 is 0 Å². The van der Waals surface area contributed by atoms with Crippen LogP contribution in [0.25, 0.3) is 0 Å². The fourth-order valence-corrected chi connectivity index (χ4v) is 2.14. The molecule has 88 valence electrons. The summed E-state index contributed by atoms with van der Waals surface area (Å²) >= 11 is 0. The molecule has 1 saturated heterocycles. The summed E-state index contributed by atoms with van der Waals surface area (Å²) in [5.74, 6) is 0.100. The Hall–Kier alpha value is -0.570. The van der Waals surface area contributed by atoms with Crippen molar-refractivity contribution in [3.63, 3.8) is 0 Å². The van der Waals surface area contributed by atoms with Gasteiger partial charge in [0.15, 0.2) is 0 Å². The maximum atomic E-state index is 10.9. The van der Waals surface area contributed by atoms with E-state index in [0.717, 1.165) is 25.9 Å². The number of nitrogens with one attached hydrogen (secondary N) is 1. The van der Waals surface area contributed by atoms with E-state index in [9.17, 15) is 4.79 Å². The quantitative estimate of drug-likeness (QED) is 0.773. The van der Waals surface area contributed by atoms with Crippen molar-refractivity contribution in [3.8, 4) is 0 Å². The highest BCUT2D eigenvalue weighted by atomic mass is 16.1. The number of likely N-dealkylation sites (tertiary alicyclic amines) is 1. The van der Waals surface area contributed by atoms with E-state index in [2.05, 4.69) is 31.0 Å². The van der Waals surface area contributed by atoms with Crippen molar-refractivity contribution in [1.82, 2.24) is 10.2 Å². The molecule has 3 nitrogen and oxygen atoms in total. The maximum Gasteiger partial charge on any atom is 0.217 e. The molecule has 1 aliphatic heterocycles. The van der Waals surface area contributed by atoms with Crippen molar-refractivity contribution in [2.45, 2.75) is 58.5 Å². The van der Waals surface area contributed by atoms with Crippen LogP contribution in [0.2, 0.25) is 0 Å². The molecule has 1 rings (SSSR count). The Balaban J connectivity index is 2.39. The van der Waals surface area contributed by atoms with Gasteiger partial charge in [-0.25, -0.2) is 0 Å². The second-order valence-corrected chi connectivity index (χ2v) is 5.13. The summed E-state index contributed by atoms with van der Waals surface area (Å²) in [5, 5.41) is 3.01. The predicted octanol–water partition coefficient (Wildman–Crippen LogP) is 1.78. The van der Waals surface area contributed by atoms with Crippen LogP contribution in [0.15, 0.2) is 0 Å². The molecule has 0 spiro atoms. The topological polar surface area (TPSA) is 32.3 Å². The number of nitrogens with zero attached hydrogens (tertiary/aromatic N) is 1. The molecule has 0 aromatic heterocycles. The Morgan fingerprint density at radius 2 is 1.93 bits per heavy atom. The molecule has 1 aliphatic rings. The number of piperidine rings is 1. The van der Waals surface area contributed by atoms with Crippen LogP contribution in [0.4, 0.5) is 0 Å². The first-order valence-electron chi connectivity index (χ1n) is 5.98. The van der Waals surface area contributed by atoms with Gasteiger partial charge < -0.3 is 5.32 Å². The second kappa shape index (κ2) is 4.97. The minimum atomic E-state index is 0.100. The smallest absolute Gasteiger partial charge is 0.217 e. The number of hydrogen-bond acceptors (Lipinski definition) is 2. The summed E-state index contributed by atoms with van der Waals surface area (Å²) < 4.78 is 0. The Morgan fingerprint density at radius 1 is 1.40 bits per heavy atom. The first-order chi connectivity index (χ1) is 6.95. The minimum absolute atomic E-state index is 0.100. The van der Waals surface area contributed by atoms with E-state index in [-0.39, 0.29) is 5.91 Å². The van der Waals surface area contributed by atoms with Crippen molar-refractivity contribution in [2.75, 3.05) is 13.1 Å². The summed E-state index contributed by atoms with van der Waals surface area (Å²) in [6, 6.07) is 0.395. The molecule has 0 aliphatic carbocycles. The van der Waals surface area contributed by atoms with Crippen LogP contribution in [0.5, 0.6) is 0 Å². The Kier molecular flexibility index (Phi) is 4.14. The fourth-order valence-electron chi connectivity index (χ4n) is 2.14. The second-order valence-electron chi connectivity index (χ2n) is 5.13. The molecular weight excluding hydrogens is 188 g/mol. The summed E-state index contributed by atoms with van der Waals surface area (Å²) in [6.07, 6.45) is 3.35. The van der Waals surface area contributed by atoms with Crippen LogP contribution in [-0.4, -0.2) is 35.5 Å². The van der Waals surface area contributed by atoms with E-state index >= 15 is 0 Å². The first-order valence-corrected chi connectivity index (χ1v) is 5.98. The van der Waals surface area contributed by atoms with E-state index in [4.69, 9.17) is 0 Å². The van der Waals surface area contributed by atoms with Gasteiger partial charge in [-0.2, -0.15) is 0 Å². The van der Waals surface area contributed by atoms with Crippen LogP contribution in [0, 0.1) is 0 Å².